The highest BCUT2D eigenvalue weighted by molar-refractivity contribution is 14.1. The molecule has 2 saturated carbocycles. The number of hydrogen-bond acceptors (Lipinski definition) is 0. The van der Waals surface area contributed by atoms with E-state index in [9.17, 15) is 0 Å². The lowest BCUT2D eigenvalue weighted by atomic mass is 9.68. The number of rotatable bonds is 1. The molecule has 3 atom stereocenters. The van der Waals surface area contributed by atoms with Gasteiger partial charge in [0.25, 0.3) is 0 Å². The molecular formula is C11H19I. The van der Waals surface area contributed by atoms with Crippen molar-refractivity contribution in [3.8, 4) is 0 Å². The average molecular weight is 278 g/mol. The SMILES string of the molecule is IC[C@@H]1CC[C@H]2CCCC[C@@H]2C1. The molecule has 0 heterocycles. The van der Waals surface area contributed by atoms with E-state index in [4.69, 9.17) is 0 Å². The Kier molecular flexibility index (Phi) is 3.33. The van der Waals surface area contributed by atoms with Gasteiger partial charge in [0.05, 0.1) is 0 Å². The predicted octanol–water partition coefficient (Wildman–Crippen LogP) is 4.03. The van der Waals surface area contributed by atoms with Gasteiger partial charge in [-0.2, -0.15) is 0 Å². The van der Waals surface area contributed by atoms with Crippen molar-refractivity contribution in [2.45, 2.75) is 44.9 Å². The zero-order valence-corrected chi connectivity index (χ0v) is 9.92. The molecule has 0 radical (unpaired) electrons. The third kappa shape index (κ3) is 1.97. The first-order chi connectivity index (χ1) is 5.90. The number of hydrogen-bond donors (Lipinski definition) is 0. The van der Waals surface area contributed by atoms with E-state index in [1.165, 1.54) is 23.7 Å². The van der Waals surface area contributed by atoms with Crippen molar-refractivity contribution in [1.82, 2.24) is 0 Å². The minimum Gasteiger partial charge on any atom is -0.0861 e. The standard InChI is InChI=1S/C11H19I/c12-8-9-5-6-10-3-1-2-4-11(10)7-9/h9-11H,1-8H2/t9-,10-,11-/m1/s1. The summed E-state index contributed by atoms with van der Waals surface area (Å²) in [7, 11) is 0. The fourth-order valence-electron chi connectivity index (χ4n) is 3.11. The monoisotopic (exact) mass is 278 g/mol. The summed E-state index contributed by atoms with van der Waals surface area (Å²) in [5.41, 5.74) is 0. The van der Waals surface area contributed by atoms with E-state index in [1.807, 2.05) is 0 Å². The minimum absolute atomic E-state index is 1.07. The van der Waals surface area contributed by atoms with Crippen LogP contribution in [0, 0.1) is 17.8 Å². The van der Waals surface area contributed by atoms with E-state index in [2.05, 4.69) is 22.6 Å². The molecule has 0 aromatic carbocycles. The summed E-state index contributed by atoms with van der Waals surface area (Å²) in [4.78, 5) is 0. The van der Waals surface area contributed by atoms with Gasteiger partial charge in [-0.3, -0.25) is 0 Å². The first-order valence-electron chi connectivity index (χ1n) is 5.46. The van der Waals surface area contributed by atoms with Gasteiger partial charge in [0.1, 0.15) is 0 Å². The van der Waals surface area contributed by atoms with E-state index in [0.29, 0.717) is 0 Å². The van der Waals surface area contributed by atoms with Crippen LogP contribution in [0.5, 0.6) is 0 Å². The van der Waals surface area contributed by atoms with Gasteiger partial charge < -0.3 is 0 Å². The van der Waals surface area contributed by atoms with Gasteiger partial charge >= 0.3 is 0 Å². The fourth-order valence-corrected chi connectivity index (χ4v) is 3.91. The summed E-state index contributed by atoms with van der Waals surface area (Å²) in [6.07, 6.45) is 10.8. The Morgan fingerprint density at radius 2 is 1.67 bits per heavy atom. The van der Waals surface area contributed by atoms with Crippen LogP contribution in [0.15, 0.2) is 0 Å². The van der Waals surface area contributed by atoms with Crippen LogP contribution in [0.4, 0.5) is 0 Å². The molecule has 0 amide bonds. The molecule has 0 unspecified atom stereocenters. The van der Waals surface area contributed by atoms with Crippen molar-refractivity contribution < 1.29 is 0 Å². The second-order valence-corrected chi connectivity index (χ2v) is 5.52. The largest absolute Gasteiger partial charge is 0.0861 e. The molecule has 0 aromatic heterocycles. The van der Waals surface area contributed by atoms with E-state index >= 15 is 0 Å². The van der Waals surface area contributed by atoms with Crippen molar-refractivity contribution in [1.29, 1.82) is 0 Å². The predicted molar refractivity (Wildman–Crippen MR) is 61.7 cm³/mol. The minimum atomic E-state index is 1.07. The summed E-state index contributed by atoms with van der Waals surface area (Å²) in [5, 5.41) is 0. The van der Waals surface area contributed by atoms with E-state index in [1.54, 1.807) is 25.7 Å². The molecule has 0 saturated heterocycles. The van der Waals surface area contributed by atoms with Crippen molar-refractivity contribution >= 4 is 22.6 Å². The number of fused-ring (bicyclic) bond motifs is 1. The third-order valence-corrected chi connectivity index (χ3v) is 5.11. The molecule has 2 aliphatic rings. The zero-order chi connectivity index (χ0) is 8.39. The lowest BCUT2D eigenvalue weighted by Crippen LogP contribution is -2.28. The van der Waals surface area contributed by atoms with Gasteiger partial charge in [-0.05, 0) is 37.0 Å². The van der Waals surface area contributed by atoms with E-state index < -0.39 is 0 Å². The van der Waals surface area contributed by atoms with Gasteiger partial charge in [-0.1, -0.05) is 48.3 Å². The van der Waals surface area contributed by atoms with E-state index in [-0.39, 0.29) is 0 Å². The maximum Gasteiger partial charge on any atom is 0.00238 e. The molecule has 2 aliphatic carbocycles. The Morgan fingerprint density at radius 1 is 0.917 bits per heavy atom. The molecule has 0 aliphatic heterocycles. The second kappa shape index (κ2) is 4.30. The summed E-state index contributed by atoms with van der Waals surface area (Å²) >= 11 is 2.57. The zero-order valence-electron chi connectivity index (χ0n) is 7.77. The van der Waals surface area contributed by atoms with Crippen molar-refractivity contribution in [2.75, 3.05) is 4.43 Å². The van der Waals surface area contributed by atoms with Crippen molar-refractivity contribution in [3.63, 3.8) is 0 Å². The number of alkyl halides is 1. The maximum atomic E-state index is 2.57. The molecule has 0 N–H and O–H groups in total. The number of halogens is 1. The normalized spacial score (nSPS) is 42.2. The molecule has 0 bridgehead atoms. The molecule has 0 nitrogen and oxygen atoms in total. The lowest BCUT2D eigenvalue weighted by Gasteiger charge is -2.38. The average Bonchev–Trinajstić information content (AvgIpc) is 2.17. The van der Waals surface area contributed by atoms with Crippen molar-refractivity contribution in [3.05, 3.63) is 0 Å². The highest BCUT2D eigenvalue weighted by atomic mass is 127. The highest BCUT2D eigenvalue weighted by Gasteiger charge is 2.31. The van der Waals surface area contributed by atoms with Crippen LogP contribution >= 0.6 is 22.6 Å². The summed E-state index contributed by atoms with van der Waals surface area (Å²) in [5.74, 6) is 3.34. The van der Waals surface area contributed by atoms with Crippen LogP contribution in [0.2, 0.25) is 0 Å². The van der Waals surface area contributed by atoms with Crippen LogP contribution in [0.1, 0.15) is 44.9 Å². The first kappa shape index (κ1) is 9.29. The molecule has 0 spiro atoms. The van der Waals surface area contributed by atoms with Gasteiger partial charge in [0.15, 0.2) is 0 Å². The Hall–Kier alpha value is 0.730. The highest BCUT2D eigenvalue weighted by Crippen LogP contribution is 2.42. The Morgan fingerprint density at radius 3 is 2.42 bits per heavy atom. The van der Waals surface area contributed by atoms with Crippen LogP contribution in [0.3, 0.4) is 0 Å². The topological polar surface area (TPSA) is 0 Å². The maximum absolute atomic E-state index is 2.57. The third-order valence-electron chi connectivity index (χ3n) is 3.87. The second-order valence-electron chi connectivity index (χ2n) is 4.64. The first-order valence-corrected chi connectivity index (χ1v) is 6.98. The summed E-state index contributed by atoms with van der Waals surface area (Å²) in [6, 6.07) is 0. The molecule has 70 valence electrons. The van der Waals surface area contributed by atoms with Gasteiger partial charge in [-0.25, -0.2) is 0 Å². The molecule has 0 aromatic rings. The molecular weight excluding hydrogens is 259 g/mol. The Bertz CT molecular complexity index is 144. The van der Waals surface area contributed by atoms with Crippen molar-refractivity contribution in [2.24, 2.45) is 17.8 Å². The summed E-state index contributed by atoms with van der Waals surface area (Å²) in [6.45, 7) is 0. The Labute approximate surface area is 89.6 Å². The van der Waals surface area contributed by atoms with Crippen LogP contribution in [0.25, 0.3) is 0 Å². The van der Waals surface area contributed by atoms with Gasteiger partial charge in [0.2, 0.25) is 0 Å². The van der Waals surface area contributed by atoms with Crippen LogP contribution in [-0.4, -0.2) is 4.43 Å². The fraction of sp³-hybridized carbons (Fsp3) is 1.00. The Balaban J connectivity index is 1.90. The summed E-state index contributed by atoms with van der Waals surface area (Å²) < 4.78 is 1.40. The molecule has 1 heteroatoms. The lowest BCUT2D eigenvalue weighted by molar-refractivity contribution is 0.140. The van der Waals surface area contributed by atoms with Gasteiger partial charge in [0, 0.05) is 4.43 Å². The van der Waals surface area contributed by atoms with E-state index in [0.717, 1.165) is 17.8 Å². The molecule has 2 fully saturated rings. The van der Waals surface area contributed by atoms with Crippen LogP contribution in [-0.2, 0) is 0 Å². The van der Waals surface area contributed by atoms with Crippen LogP contribution < -0.4 is 0 Å². The molecule has 2 rings (SSSR count). The van der Waals surface area contributed by atoms with Gasteiger partial charge in [-0.15, -0.1) is 0 Å². The smallest absolute Gasteiger partial charge is 0.00238 e. The quantitative estimate of drug-likeness (QED) is 0.502. The molecule has 12 heavy (non-hydrogen) atoms.